The summed E-state index contributed by atoms with van der Waals surface area (Å²) in [6, 6.07) is 0. The molecule has 0 aromatic heterocycles. The van der Waals surface area contributed by atoms with E-state index in [2.05, 4.69) is 12.3 Å². The number of amides is 1. The van der Waals surface area contributed by atoms with Crippen molar-refractivity contribution in [2.45, 2.75) is 32.6 Å². The lowest BCUT2D eigenvalue weighted by Gasteiger charge is -2.26. The average Bonchev–Trinajstić information content (AvgIpc) is 2.04. The summed E-state index contributed by atoms with van der Waals surface area (Å²) in [6.45, 7) is 2.12. The second kappa shape index (κ2) is 3.72. The number of hydrogen-bond donors (Lipinski definition) is 2. The molecule has 1 amide bonds. The van der Waals surface area contributed by atoms with E-state index in [-0.39, 0.29) is 11.8 Å². The molecular formula is C8H16N2O. The number of carbonyl (C=O) groups is 1. The highest BCUT2D eigenvalue weighted by Gasteiger charge is 2.26. The van der Waals surface area contributed by atoms with Crippen molar-refractivity contribution in [3.63, 3.8) is 0 Å². The molecule has 0 aliphatic heterocycles. The standard InChI is InChI=1S/C8H16N2O/c1-6-4-2-3-5-7(6)8(11)10-9/h6-7H,2-5,9H2,1H3,(H,10,11)/t6-,7+/m0/s1. The molecule has 3 N–H and O–H groups in total. The van der Waals surface area contributed by atoms with E-state index in [1.165, 1.54) is 12.8 Å². The van der Waals surface area contributed by atoms with Crippen molar-refractivity contribution in [2.24, 2.45) is 17.7 Å². The molecule has 0 heterocycles. The summed E-state index contributed by atoms with van der Waals surface area (Å²) in [5.74, 6) is 5.74. The third kappa shape index (κ3) is 1.93. The quantitative estimate of drug-likeness (QED) is 0.335. The molecule has 3 heteroatoms. The van der Waals surface area contributed by atoms with Crippen molar-refractivity contribution in [3.8, 4) is 0 Å². The highest BCUT2D eigenvalue weighted by Crippen LogP contribution is 2.29. The first-order valence-electron chi connectivity index (χ1n) is 4.26. The maximum absolute atomic E-state index is 11.1. The fraction of sp³-hybridized carbons (Fsp3) is 0.875. The molecular weight excluding hydrogens is 140 g/mol. The minimum atomic E-state index is 0.0113. The molecule has 1 rings (SSSR count). The molecule has 0 saturated heterocycles. The van der Waals surface area contributed by atoms with E-state index in [1.807, 2.05) is 0 Å². The highest BCUT2D eigenvalue weighted by atomic mass is 16.2. The van der Waals surface area contributed by atoms with Crippen molar-refractivity contribution in [1.82, 2.24) is 5.43 Å². The Kier molecular flexibility index (Phi) is 2.88. The second-order valence-corrected chi connectivity index (χ2v) is 3.38. The van der Waals surface area contributed by atoms with Gasteiger partial charge in [-0.05, 0) is 18.8 Å². The van der Waals surface area contributed by atoms with Crippen LogP contribution in [0.5, 0.6) is 0 Å². The van der Waals surface area contributed by atoms with Crippen molar-refractivity contribution in [1.29, 1.82) is 0 Å². The largest absolute Gasteiger partial charge is 0.294 e. The van der Waals surface area contributed by atoms with Crippen LogP contribution in [0, 0.1) is 11.8 Å². The fourth-order valence-electron chi connectivity index (χ4n) is 1.81. The first-order chi connectivity index (χ1) is 5.25. The lowest BCUT2D eigenvalue weighted by molar-refractivity contribution is -0.127. The smallest absolute Gasteiger partial charge is 0.237 e. The monoisotopic (exact) mass is 156 g/mol. The van der Waals surface area contributed by atoms with Crippen LogP contribution in [0.1, 0.15) is 32.6 Å². The molecule has 64 valence electrons. The third-order valence-corrected chi connectivity index (χ3v) is 2.59. The van der Waals surface area contributed by atoms with Gasteiger partial charge in [-0.3, -0.25) is 10.2 Å². The topological polar surface area (TPSA) is 55.1 Å². The van der Waals surface area contributed by atoms with Gasteiger partial charge < -0.3 is 0 Å². The van der Waals surface area contributed by atoms with Crippen molar-refractivity contribution >= 4 is 5.91 Å². The summed E-state index contributed by atoms with van der Waals surface area (Å²) in [5, 5.41) is 0. The maximum atomic E-state index is 11.1. The van der Waals surface area contributed by atoms with Crippen LogP contribution in [0.25, 0.3) is 0 Å². The van der Waals surface area contributed by atoms with E-state index in [9.17, 15) is 4.79 Å². The Bertz CT molecular complexity index is 147. The Hall–Kier alpha value is -0.570. The number of nitrogens with one attached hydrogen (secondary N) is 1. The number of hydrazine groups is 1. The van der Waals surface area contributed by atoms with E-state index < -0.39 is 0 Å². The number of hydrogen-bond acceptors (Lipinski definition) is 2. The number of carbonyl (C=O) groups excluding carboxylic acids is 1. The summed E-state index contributed by atoms with van der Waals surface area (Å²) in [6.07, 6.45) is 4.60. The van der Waals surface area contributed by atoms with Crippen LogP contribution < -0.4 is 11.3 Å². The first-order valence-corrected chi connectivity index (χ1v) is 4.26. The summed E-state index contributed by atoms with van der Waals surface area (Å²) >= 11 is 0. The SMILES string of the molecule is C[C@H]1CCCC[C@H]1C(=O)NN. The molecule has 2 atom stereocenters. The van der Waals surface area contributed by atoms with Gasteiger partial charge in [0.05, 0.1) is 0 Å². The lowest BCUT2D eigenvalue weighted by atomic mass is 9.80. The lowest BCUT2D eigenvalue weighted by Crippen LogP contribution is -2.39. The van der Waals surface area contributed by atoms with Crippen LogP contribution in [0.15, 0.2) is 0 Å². The molecule has 0 unspecified atom stereocenters. The van der Waals surface area contributed by atoms with Crippen molar-refractivity contribution < 1.29 is 4.79 Å². The van der Waals surface area contributed by atoms with Crippen LogP contribution in [0.3, 0.4) is 0 Å². The van der Waals surface area contributed by atoms with Gasteiger partial charge in [-0.2, -0.15) is 0 Å². The number of rotatable bonds is 1. The fourth-order valence-corrected chi connectivity index (χ4v) is 1.81. The Balaban J connectivity index is 2.47. The van der Waals surface area contributed by atoms with E-state index in [1.54, 1.807) is 0 Å². The third-order valence-electron chi connectivity index (χ3n) is 2.59. The molecule has 0 spiro atoms. The van der Waals surface area contributed by atoms with Crippen LogP contribution in [0.2, 0.25) is 0 Å². The number of nitrogens with two attached hydrogens (primary N) is 1. The Morgan fingerprint density at radius 3 is 2.64 bits per heavy atom. The minimum Gasteiger partial charge on any atom is -0.294 e. The van der Waals surface area contributed by atoms with E-state index in [4.69, 9.17) is 5.84 Å². The highest BCUT2D eigenvalue weighted by molar-refractivity contribution is 5.78. The molecule has 3 nitrogen and oxygen atoms in total. The zero-order valence-electron chi connectivity index (χ0n) is 6.97. The summed E-state index contributed by atoms with van der Waals surface area (Å²) in [7, 11) is 0. The van der Waals surface area contributed by atoms with Gasteiger partial charge in [-0.15, -0.1) is 0 Å². The Morgan fingerprint density at radius 2 is 2.09 bits per heavy atom. The van der Waals surface area contributed by atoms with E-state index >= 15 is 0 Å². The second-order valence-electron chi connectivity index (χ2n) is 3.38. The molecule has 1 fully saturated rings. The molecule has 0 aromatic carbocycles. The minimum absolute atomic E-state index is 0.0113. The normalized spacial score (nSPS) is 31.5. The van der Waals surface area contributed by atoms with Gasteiger partial charge in [-0.1, -0.05) is 19.8 Å². The average molecular weight is 156 g/mol. The van der Waals surface area contributed by atoms with E-state index in [0.717, 1.165) is 12.8 Å². The van der Waals surface area contributed by atoms with Gasteiger partial charge in [-0.25, -0.2) is 5.84 Å². The van der Waals surface area contributed by atoms with E-state index in [0.29, 0.717) is 5.92 Å². The van der Waals surface area contributed by atoms with Gasteiger partial charge in [0.1, 0.15) is 0 Å². The Morgan fingerprint density at radius 1 is 1.45 bits per heavy atom. The molecule has 1 saturated carbocycles. The van der Waals surface area contributed by atoms with Gasteiger partial charge in [0.15, 0.2) is 0 Å². The van der Waals surface area contributed by atoms with Crippen LogP contribution in [-0.4, -0.2) is 5.91 Å². The van der Waals surface area contributed by atoms with Gasteiger partial charge in [0.25, 0.3) is 0 Å². The predicted molar refractivity (Wildman–Crippen MR) is 43.5 cm³/mol. The maximum Gasteiger partial charge on any atom is 0.237 e. The van der Waals surface area contributed by atoms with Gasteiger partial charge in [0, 0.05) is 5.92 Å². The zero-order chi connectivity index (χ0) is 8.27. The molecule has 0 radical (unpaired) electrons. The van der Waals surface area contributed by atoms with Crippen LogP contribution >= 0.6 is 0 Å². The van der Waals surface area contributed by atoms with Crippen molar-refractivity contribution in [3.05, 3.63) is 0 Å². The predicted octanol–water partition coefficient (Wildman–Crippen LogP) is 0.803. The summed E-state index contributed by atoms with van der Waals surface area (Å²) in [5.41, 5.74) is 2.23. The van der Waals surface area contributed by atoms with Crippen molar-refractivity contribution in [2.75, 3.05) is 0 Å². The molecule has 1 aliphatic rings. The van der Waals surface area contributed by atoms with Crippen LogP contribution in [-0.2, 0) is 4.79 Å². The molecule has 0 aromatic rings. The first kappa shape index (κ1) is 8.53. The van der Waals surface area contributed by atoms with Gasteiger partial charge in [0.2, 0.25) is 5.91 Å². The summed E-state index contributed by atoms with van der Waals surface area (Å²) < 4.78 is 0. The Labute approximate surface area is 67.3 Å². The zero-order valence-corrected chi connectivity index (χ0v) is 6.97. The molecule has 1 aliphatic carbocycles. The summed E-state index contributed by atoms with van der Waals surface area (Å²) in [4.78, 5) is 11.1. The molecule has 11 heavy (non-hydrogen) atoms. The molecule has 0 bridgehead atoms. The van der Waals surface area contributed by atoms with Crippen LogP contribution in [0.4, 0.5) is 0 Å². The van der Waals surface area contributed by atoms with Gasteiger partial charge >= 0.3 is 0 Å².